The smallest absolute Gasteiger partial charge is 0.421 e. The van der Waals surface area contributed by atoms with Crippen molar-refractivity contribution in [2.24, 2.45) is 0 Å². The summed E-state index contributed by atoms with van der Waals surface area (Å²) in [4.78, 5) is 36.2. The Morgan fingerprint density at radius 2 is 1.70 bits per heavy atom. The van der Waals surface area contributed by atoms with Gasteiger partial charge >= 0.3 is 18.4 Å². The SMILES string of the molecule is CC(Cc1c[nH]c(=O)c(C(F)(F)F)c1)OC(=O)N1CCN(c2ncc(C(F)(F)F)cn2)CC1. The average molecular weight is 479 g/mol. The highest BCUT2D eigenvalue weighted by Crippen LogP contribution is 2.29. The molecule has 1 aliphatic heterocycles. The zero-order valence-electron chi connectivity index (χ0n) is 17.2. The Bertz CT molecular complexity index is 1030. The highest BCUT2D eigenvalue weighted by Gasteiger charge is 2.34. The van der Waals surface area contributed by atoms with Crippen molar-refractivity contribution in [2.45, 2.75) is 31.8 Å². The van der Waals surface area contributed by atoms with Gasteiger partial charge in [0.15, 0.2) is 0 Å². The fourth-order valence-electron chi connectivity index (χ4n) is 3.20. The van der Waals surface area contributed by atoms with Crippen LogP contribution in [0.3, 0.4) is 0 Å². The summed E-state index contributed by atoms with van der Waals surface area (Å²) in [6.07, 6.45) is -8.36. The number of rotatable bonds is 4. The van der Waals surface area contributed by atoms with E-state index >= 15 is 0 Å². The van der Waals surface area contributed by atoms with E-state index in [9.17, 15) is 35.9 Å². The van der Waals surface area contributed by atoms with Gasteiger partial charge in [-0.25, -0.2) is 14.8 Å². The van der Waals surface area contributed by atoms with Crippen molar-refractivity contribution >= 4 is 12.0 Å². The first-order valence-electron chi connectivity index (χ1n) is 9.73. The number of alkyl halides is 6. The van der Waals surface area contributed by atoms with Crippen molar-refractivity contribution in [3.8, 4) is 0 Å². The number of aromatic nitrogens is 3. The van der Waals surface area contributed by atoms with Crippen molar-refractivity contribution in [3.05, 3.63) is 51.7 Å². The zero-order valence-corrected chi connectivity index (χ0v) is 17.2. The lowest BCUT2D eigenvalue weighted by molar-refractivity contribution is -0.139. The summed E-state index contributed by atoms with van der Waals surface area (Å²) < 4.78 is 81.7. The number of pyridine rings is 1. The minimum atomic E-state index is -4.81. The Hall–Kier alpha value is -3.32. The van der Waals surface area contributed by atoms with Gasteiger partial charge in [-0.2, -0.15) is 26.3 Å². The predicted molar refractivity (Wildman–Crippen MR) is 103 cm³/mol. The van der Waals surface area contributed by atoms with Crippen molar-refractivity contribution in [2.75, 3.05) is 31.1 Å². The summed E-state index contributed by atoms with van der Waals surface area (Å²) in [6.45, 7) is 2.38. The number of ether oxygens (including phenoxy) is 1. The second kappa shape index (κ2) is 9.27. The molecule has 0 aromatic carbocycles. The van der Waals surface area contributed by atoms with Gasteiger partial charge in [0.1, 0.15) is 11.7 Å². The van der Waals surface area contributed by atoms with E-state index in [4.69, 9.17) is 4.74 Å². The van der Waals surface area contributed by atoms with Crippen LogP contribution in [0.25, 0.3) is 0 Å². The number of hydrogen-bond acceptors (Lipinski definition) is 6. The van der Waals surface area contributed by atoms with Crippen LogP contribution < -0.4 is 10.5 Å². The summed E-state index contributed by atoms with van der Waals surface area (Å²) in [7, 11) is 0. The second-order valence-electron chi connectivity index (χ2n) is 7.39. The molecule has 1 N–H and O–H groups in total. The number of hydrogen-bond donors (Lipinski definition) is 1. The lowest BCUT2D eigenvalue weighted by Crippen LogP contribution is -2.50. The highest BCUT2D eigenvalue weighted by atomic mass is 19.4. The molecule has 1 unspecified atom stereocenters. The molecule has 2 aromatic rings. The maximum absolute atomic E-state index is 12.9. The number of anilines is 1. The molecular weight excluding hydrogens is 460 g/mol. The molecule has 8 nitrogen and oxygen atoms in total. The minimum Gasteiger partial charge on any atom is -0.446 e. The molecule has 33 heavy (non-hydrogen) atoms. The van der Waals surface area contributed by atoms with Crippen LogP contribution in [-0.2, 0) is 23.5 Å². The van der Waals surface area contributed by atoms with Gasteiger partial charge in [-0.3, -0.25) is 4.79 Å². The van der Waals surface area contributed by atoms with Gasteiger partial charge < -0.3 is 19.5 Å². The lowest BCUT2D eigenvalue weighted by Gasteiger charge is -2.34. The van der Waals surface area contributed by atoms with Gasteiger partial charge in [0, 0.05) is 51.2 Å². The third-order valence-electron chi connectivity index (χ3n) is 4.88. The number of H-pyrrole nitrogens is 1. The molecular formula is C19H19F6N5O3. The van der Waals surface area contributed by atoms with E-state index in [-0.39, 0.29) is 44.1 Å². The van der Waals surface area contributed by atoms with Crippen LogP contribution in [-0.4, -0.2) is 58.2 Å². The molecule has 14 heteroatoms. The molecule has 1 aliphatic rings. The monoisotopic (exact) mass is 479 g/mol. The van der Waals surface area contributed by atoms with Gasteiger partial charge in [-0.1, -0.05) is 0 Å². The summed E-state index contributed by atoms with van der Waals surface area (Å²) in [5.41, 5.74) is -3.41. The summed E-state index contributed by atoms with van der Waals surface area (Å²) in [6, 6.07) is 0.714. The molecule has 1 amide bonds. The Morgan fingerprint density at radius 1 is 1.09 bits per heavy atom. The molecule has 0 radical (unpaired) electrons. The fraction of sp³-hybridized carbons (Fsp3) is 0.474. The van der Waals surface area contributed by atoms with Crippen LogP contribution in [0.15, 0.2) is 29.5 Å². The Morgan fingerprint density at radius 3 is 2.24 bits per heavy atom. The van der Waals surface area contributed by atoms with E-state index in [2.05, 4.69) is 9.97 Å². The summed E-state index contributed by atoms with van der Waals surface area (Å²) in [5, 5.41) is 0. The highest BCUT2D eigenvalue weighted by molar-refractivity contribution is 5.68. The van der Waals surface area contributed by atoms with Crippen LogP contribution in [0.5, 0.6) is 0 Å². The number of aromatic amines is 1. The van der Waals surface area contributed by atoms with Gasteiger partial charge in [-0.05, 0) is 18.6 Å². The van der Waals surface area contributed by atoms with Gasteiger partial charge in [-0.15, -0.1) is 0 Å². The first-order chi connectivity index (χ1) is 15.3. The molecule has 3 rings (SSSR count). The quantitative estimate of drug-likeness (QED) is 0.678. The van der Waals surface area contributed by atoms with Crippen LogP contribution >= 0.6 is 0 Å². The first kappa shape index (κ1) is 24.3. The van der Waals surface area contributed by atoms with Gasteiger partial charge in [0.2, 0.25) is 5.95 Å². The molecule has 1 saturated heterocycles. The van der Waals surface area contributed by atoms with E-state index in [1.54, 1.807) is 4.90 Å². The number of piperazine rings is 1. The van der Waals surface area contributed by atoms with Crippen LogP contribution in [0.2, 0.25) is 0 Å². The van der Waals surface area contributed by atoms with E-state index < -0.39 is 41.2 Å². The zero-order chi connectivity index (χ0) is 24.4. The third kappa shape index (κ3) is 6.14. The van der Waals surface area contributed by atoms with E-state index in [1.807, 2.05) is 4.98 Å². The summed E-state index contributed by atoms with van der Waals surface area (Å²) >= 11 is 0. The van der Waals surface area contributed by atoms with Crippen LogP contribution in [0.4, 0.5) is 37.1 Å². The molecule has 1 fully saturated rings. The molecule has 0 spiro atoms. The number of carbonyl (C=O) groups excluding carboxylic acids is 1. The number of nitrogens with one attached hydrogen (secondary N) is 1. The number of amides is 1. The molecule has 0 aliphatic carbocycles. The first-order valence-corrected chi connectivity index (χ1v) is 9.73. The van der Waals surface area contributed by atoms with Crippen molar-refractivity contribution < 1.29 is 35.9 Å². The lowest BCUT2D eigenvalue weighted by atomic mass is 10.1. The van der Waals surface area contributed by atoms with Crippen molar-refractivity contribution in [3.63, 3.8) is 0 Å². The van der Waals surface area contributed by atoms with Gasteiger partial charge in [0.05, 0.1) is 5.56 Å². The van der Waals surface area contributed by atoms with E-state index in [1.165, 1.54) is 11.8 Å². The minimum absolute atomic E-state index is 0.0506. The molecule has 2 aromatic heterocycles. The number of halogens is 6. The third-order valence-corrected chi connectivity index (χ3v) is 4.88. The Kier molecular flexibility index (Phi) is 6.84. The molecule has 1 atom stereocenters. The topological polar surface area (TPSA) is 91.4 Å². The van der Waals surface area contributed by atoms with E-state index in [0.717, 1.165) is 6.20 Å². The molecule has 0 bridgehead atoms. The Labute approximate surface area is 183 Å². The molecule has 0 saturated carbocycles. The van der Waals surface area contributed by atoms with E-state index in [0.29, 0.717) is 18.5 Å². The van der Waals surface area contributed by atoms with Crippen LogP contribution in [0.1, 0.15) is 23.6 Å². The second-order valence-corrected chi connectivity index (χ2v) is 7.39. The molecule has 180 valence electrons. The maximum atomic E-state index is 12.9. The fourth-order valence-corrected chi connectivity index (χ4v) is 3.20. The predicted octanol–water partition coefficient (Wildman–Crippen LogP) is 3.09. The normalized spacial score (nSPS) is 16.0. The number of carbonyl (C=O) groups is 1. The standard InChI is InChI=1S/C19H19F6N5O3/c1-11(6-12-7-14(19(23,24)25)15(31)26-8-12)33-17(32)30-4-2-29(3-5-30)16-27-9-13(10-28-16)18(20,21)22/h7-11H,2-6H2,1H3,(H,26,31). The molecule has 3 heterocycles. The van der Waals surface area contributed by atoms with Crippen LogP contribution in [0, 0.1) is 0 Å². The Balaban J connectivity index is 1.52. The van der Waals surface area contributed by atoms with Crippen molar-refractivity contribution in [1.82, 2.24) is 19.9 Å². The van der Waals surface area contributed by atoms with Crippen molar-refractivity contribution in [1.29, 1.82) is 0 Å². The largest absolute Gasteiger partial charge is 0.446 e. The maximum Gasteiger partial charge on any atom is 0.421 e. The average Bonchev–Trinajstić information content (AvgIpc) is 2.74. The summed E-state index contributed by atoms with van der Waals surface area (Å²) in [5.74, 6) is 0.0999. The number of nitrogens with zero attached hydrogens (tertiary/aromatic N) is 4. The van der Waals surface area contributed by atoms with Gasteiger partial charge in [0.25, 0.3) is 5.56 Å².